The normalized spacial score (nSPS) is 12.9. The minimum absolute atomic E-state index is 0.115. The second-order valence-electron chi connectivity index (χ2n) is 6.34. The first-order valence-electron chi connectivity index (χ1n) is 8.47. The van der Waals surface area contributed by atoms with Crippen LogP contribution in [-0.2, 0) is 11.0 Å². The van der Waals surface area contributed by atoms with Crippen LogP contribution in [-0.4, -0.2) is 21.6 Å². The summed E-state index contributed by atoms with van der Waals surface area (Å²) in [5.74, 6) is -0.157. The molecule has 3 aromatic rings. The van der Waals surface area contributed by atoms with Gasteiger partial charge in [0.15, 0.2) is 0 Å². The number of carbonyl (C=O) groups is 1. The summed E-state index contributed by atoms with van der Waals surface area (Å²) < 4.78 is 38.6. The van der Waals surface area contributed by atoms with E-state index < -0.39 is 17.8 Å². The second-order valence-corrected chi connectivity index (χ2v) is 8.51. The maximum Gasteiger partial charge on any atom is 0.416 e. The van der Waals surface area contributed by atoms with E-state index in [1.807, 2.05) is 13.8 Å². The Morgan fingerprint density at radius 1 is 1.29 bits per heavy atom. The van der Waals surface area contributed by atoms with Crippen LogP contribution in [0.5, 0.6) is 0 Å². The highest BCUT2D eigenvalue weighted by Gasteiger charge is 2.30. The lowest BCUT2D eigenvalue weighted by atomic mass is 10.0. The van der Waals surface area contributed by atoms with E-state index in [0.717, 1.165) is 37.8 Å². The van der Waals surface area contributed by atoms with Gasteiger partial charge < -0.3 is 5.32 Å². The molecule has 1 unspecified atom stereocenters. The number of aryl methyl sites for hydroxylation is 2. The van der Waals surface area contributed by atoms with Crippen molar-refractivity contribution in [3.05, 3.63) is 52.2 Å². The van der Waals surface area contributed by atoms with Crippen LogP contribution in [0.4, 0.5) is 13.2 Å². The van der Waals surface area contributed by atoms with Gasteiger partial charge in [-0.15, -0.1) is 11.3 Å². The number of amides is 1. The lowest BCUT2D eigenvalue weighted by Crippen LogP contribution is -2.28. The lowest BCUT2D eigenvalue weighted by Gasteiger charge is -2.16. The number of nitrogens with zero attached hydrogens (tertiary/aromatic N) is 2. The number of nitrogens with one attached hydrogen (secondary N) is 1. The molecule has 28 heavy (non-hydrogen) atoms. The highest BCUT2D eigenvalue weighted by molar-refractivity contribution is 8.00. The van der Waals surface area contributed by atoms with Crippen LogP contribution in [0.3, 0.4) is 0 Å². The Balaban J connectivity index is 1.67. The first-order chi connectivity index (χ1) is 13.2. The molecule has 0 aliphatic rings. The SMILES string of the molecule is Cc1sc2ncnc(SCC(=O)NC(C)c3cccc(C(F)(F)F)c3)c2c1C. The smallest absolute Gasteiger partial charge is 0.349 e. The summed E-state index contributed by atoms with van der Waals surface area (Å²) in [5.41, 5.74) is 0.773. The summed E-state index contributed by atoms with van der Waals surface area (Å²) in [6, 6.07) is 4.45. The predicted octanol–water partition coefficient (Wildman–Crippen LogP) is 5.30. The molecule has 0 saturated heterocycles. The number of aromatic nitrogens is 2. The van der Waals surface area contributed by atoms with Gasteiger partial charge in [0.05, 0.1) is 17.4 Å². The van der Waals surface area contributed by atoms with Crippen molar-refractivity contribution in [2.45, 2.75) is 38.0 Å². The molecule has 0 aliphatic carbocycles. The van der Waals surface area contributed by atoms with Crippen molar-refractivity contribution in [2.24, 2.45) is 0 Å². The molecule has 3 rings (SSSR count). The third-order valence-corrected chi connectivity index (χ3v) is 6.47. The number of benzene rings is 1. The summed E-state index contributed by atoms with van der Waals surface area (Å²) in [7, 11) is 0. The first-order valence-corrected chi connectivity index (χ1v) is 10.3. The van der Waals surface area contributed by atoms with Gasteiger partial charge in [0.1, 0.15) is 16.2 Å². The van der Waals surface area contributed by atoms with E-state index in [4.69, 9.17) is 0 Å². The lowest BCUT2D eigenvalue weighted by molar-refractivity contribution is -0.137. The molecule has 0 spiro atoms. The fourth-order valence-electron chi connectivity index (χ4n) is 2.74. The molecule has 1 amide bonds. The van der Waals surface area contributed by atoms with E-state index in [9.17, 15) is 18.0 Å². The molecule has 148 valence electrons. The highest BCUT2D eigenvalue weighted by atomic mass is 32.2. The minimum atomic E-state index is -4.41. The molecule has 1 N–H and O–H groups in total. The van der Waals surface area contributed by atoms with Gasteiger partial charge in [0.2, 0.25) is 5.91 Å². The van der Waals surface area contributed by atoms with Crippen LogP contribution in [0.25, 0.3) is 10.2 Å². The van der Waals surface area contributed by atoms with Crippen molar-refractivity contribution < 1.29 is 18.0 Å². The highest BCUT2D eigenvalue weighted by Crippen LogP contribution is 2.34. The van der Waals surface area contributed by atoms with Gasteiger partial charge in [-0.25, -0.2) is 9.97 Å². The minimum Gasteiger partial charge on any atom is -0.349 e. The summed E-state index contributed by atoms with van der Waals surface area (Å²) >= 11 is 2.88. The fraction of sp³-hybridized carbons (Fsp3) is 0.316. The third-order valence-electron chi connectivity index (χ3n) is 4.36. The zero-order valence-electron chi connectivity index (χ0n) is 15.4. The van der Waals surface area contributed by atoms with Crippen molar-refractivity contribution in [3.8, 4) is 0 Å². The van der Waals surface area contributed by atoms with Gasteiger partial charge in [-0.2, -0.15) is 13.2 Å². The Morgan fingerprint density at radius 2 is 2.04 bits per heavy atom. The molecule has 0 aliphatic heterocycles. The van der Waals surface area contributed by atoms with E-state index in [-0.39, 0.29) is 11.7 Å². The van der Waals surface area contributed by atoms with Crippen molar-refractivity contribution in [2.75, 3.05) is 5.75 Å². The molecular weight excluding hydrogens is 407 g/mol. The van der Waals surface area contributed by atoms with Gasteiger partial charge >= 0.3 is 6.18 Å². The maximum absolute atomic E-state index is 12.9. The van der Waals surface area contributed by atoms with Crippen molar-refractivity contribution >= 4 is 39.2 Å². The van der Waals surface area contributed by atoms with E-state index >= 15 is 0 Å². The van der Waals surface area contributed by atoms with E-state index in [0.29, 0.717) is 5.56 Å². The summed E-state index contributed by atoms with van der Waals surface area (Å²) in [6.45, 7) is 5.67. The number of thiophene rings is 1. The number of hydrogen-bond donors (Lipinski definition) is 1. The van der Waals surface area contributed by atoms with Gasteiger partial charge in [0.25, 0.3) is 0 Å². The van der Waals surface area contributed by atoms with Crippen LogP contribution in [0.1, 0.15) is 34.5 Å². The van der Waals surface area contributed by atoms with Crippen LogP contribution in [0, 0.1) is 13.8 Å². The fourth-order valence-corrected chi connectivity index (χ4v) is 4.67. The van der Waals surface area contributed by atoms with Gasteiger partial charge in [0, 0.05) is 10.3 Å². The molecule has 1 atom stereocenters. The van der Waals surface area contributed by atoms with Crippen molar-refractivity contribution in [1.82, 2.24) is 15.3 Å². The zero-order chi connectivity index (χ0) is 20.5. The van der Waals surface area contributed by atoms with E-state index in [2.05, 4.69) is 15.3 Å². The van der Waals surface area contributed by atoms with Crippen molar-refractivity contribution in [3.63, 3.8) is 0 Å². The van der Waals surface area contributed by atoms with Crippen LogP contribution >= 0.6 is 23.1 Å². The van der Waals surface area contributed by atoms with E-state index in [1.165, 1.54) is 24.2 Å². The molecule has 2 heterocycles. The summed E-state index contributed by atoms with van der Waals surface area (Å²) in [4.78, 5) is 22.9. The number of rotatable bonds is 5. The maximum atomic E-state index is 12.9. The average Bonchev–Trinajstić information content (AvgIpc) is 2.94. The summed E-state index contributed by atoms with van der Waals surface area (Å²) in [6.07, 6.45) is -2.94. The quantitative estimate of drug-likeness (QED) is 0.445. The number of carbonyl (C=O) groups excluding carboxylic acids is 1. The number of halogens is 3. The Morgan fingerprint density at radius 3 is 2.75 bits per heavy atom. The standard InChI is InChI=1S/C19H18F3N3OS2/c1-10-12(3)28-18-16(10)17(23-9-24-18)27-8-15(26)25-11(2)13-5-4-6-14(7-13)19(20,21)22/h4-7,9,11H,8H2,1-3H3,(H,25,26). The zero-order valence-corrected chi connectivity index (χ0v) is 17.1. The first kappa shape index (κ1) is 20.6. The molecule has 9 heteroatoms. The van der Waals surface area contributed by atoms with Gasteiger partial charge in [-0.1, -0.05) is 23.9 Å². The number of alkyl halides is 3. The monoisotopic (exact) mass is 425 g/mol. The molecular formula is C19H18F3N3OS2. The number of fused-ring (bicyclic) bond motifs is 1. The molecule has 0 fully saturated rings. The second kappa shape index (κ2) is 8.08. The molecule has 1 aromatic carbocycles. The molecule has 0 bridgehead atoms. The molecule has 4 nitrogen and oxygen atoms in total. The number of thioether (sulfide) groups is 1. The molecule has 0 saturated carbocycles. The van der Waals surface area contributed by atoms with Gasteiger partial charge in [-0.05, 0) is 44.0 Å². The van der Waals surface area contributed by atoms with Crippen LogP contribution in [0.15, 0.2) is 35.6 Å². The summed E-state index contributed by atoms with van der Waals surface area (Å²) in [5, 5.41) is 4.43. The van der Waals surface area contributed by atoms with E-state index in [1.54, 1.807) is 24.3 Å². The topological polar surface area (TPSA) is 54.9 Å². The Bertz CT molecular complexity index is 1020. The Hall–Kier alpha value is -2.13. The van der Waals surface area contributed by atoms with Crippen LogP contribution in [0.2, 0.25) is 0 Å². The predicted molar refractivity (Wildman–Crippen MR) is 106 cm³/mol. The van der Waals surface area contributed by atoms with Gasteiger partial charge in [-0.3, -0.25) is 4.79 Å². The molecule has 2 aromatic heterocycles. The average molecular weight is 426 g/mol. The molecule has 0 radical (unpaired) electrons. The Kier molecular flexibility index (Phi) is 5.95. The largest absolute Gasteiger partial charge is 0.416 e. The number of hydrogen-bond acceptors (Lipinski definition) is 5. The van der Waals surface area contributed by atoms with Crippen molar-refractivity contribution in [1.29, 1.82) is 0 Å². The third kappa shape index (κ3) is 4.47. The Labute approximate surface area is 168 Å². The van der Waals surface area contributed by atoms with Crippen LogP contribution < -0.4 is 5.32 Å².